The average molecular weight is 481 g/mol. The fourth-order valence-corrected chi connectivity index (χ4v) is 6.68. The summed E-state index contributed by atoms with van der Waals surface area (Å²) in [4.78, 5) is 19.8. The van der Waals surface area contributed by atoms with Crippen molar-refractivity contribution in [3.05, 3.63) is 89.9 Å². The van der Waals surface area contributed by atoms with Crippen LogP contribution in [0, 0.1) is 0 Å². The molecule has 2 bridgehead atoms. The molecule has 36 heavy (non-hydrogen) atoms. The summed E-state index contributed by atoms with van der Waals surface area (Å²) in [6, 6.07) is 18.5. The van der Waals surface area contributed by atoms with Crippen LogP contribution in [0.3, 0.4) is 0 Å². The van der Waals surface area contributed by atoms with Gasteiger partial charge in [0.2, 0.25) is 0 Å². The topological polar surface area (TPSA) is 80.0 Å². The molecule has 4 aromatic rings. The molecule has 2 unspecified atom stereocenters. The zero-order valence-electron chi connectivity index (χ0n) is 20.0. The fraction of sp³-hybridized carbons (Fsp3) is 0.345. The molecule has 7 heteroatoms. The Labute approximate surface area is 209 Å². The number of carbonyl (C=O) groups is 1. The first kappa shape index (κ1) is 21.6. The summed E-state index contributed by atoms with van der Waals surface area (Å²) in [5.41, 5.74) is 5.32. The summed E-state index contributed by atoms with van der Waals surface area (Å²) in [5.74, 6) is 0.0368. The Morgan fingerprint density at radius 3 is 2.36 bits per heavy atom. The van der Waals surface area contributed by atoms with Crippen molar-refractivity contribution in [2.45, 2.75) is 55.7 Å². The summed E-state index contributed by atoms with van der Waals surface area (Å²) >= 11 is 0. The standard InChI is InChI=1S/C29H28N4O3/c34-28(36-18-26-24-10-3-1-8-22(24)23-9-2-4-11-25(23)26)33-20-6-5-7-21(33)15-29(35,14-20)19-16-30-27-12-13-31-32(27)17-19/h1-4,8-13,16-17,20-21,26,35H,5-7,14-15,18H2. The number of hydrogen-bond acceptors (Lipinski definition) is 5. The van der Waals surface area contributed by atoms with Gasteiger partial charge in [-0.25, -0.2) is 14.3 Å². The summed E-state index contributed by atoms with van der Waals surface area (Å²) in [5, 5.41) is 16.0. The third-order valence-corrected chi connectivity index (χ3v) is 8.34. The Balaban J connectivity index is 1.11. The number of amides is 1. The predicted molar refractivity (Wildman–Crippen MR) is 134 cm³/mol. The SMILES string of the molecule is O=C(OCC1c2ccccc2-c2ccccc21)N1C2CCCC1CC(O)(c1cnc3ccnn3c1)C2. The van der Waals surface area contributed by atoms with Crippen molar-refractivity contribution in [3.63, 3.8) is 0 Å². The van der Waals surface area contributed by atoms with Crippen molar-refractivity contribution in [1.29, 1.82) is 0 Å². The Kier molecular flexibility index (Phi) is 4.89. The van der Waals surface area contributed by atoms with Crippen LogP contribution in [0.2, 0.25) is 0 Å². The first-order valence-electron chi connectivity index (χ1n) is 12.8. The molecule has 0 radical (unpaired) electrons. The first-order valence-corrected chi connectivity index (χ1v) is 12.8. The van der Waals surface area contributed by atoms with Gasteiger partial charge in [-0.15, -0.1) is 0 Å². The summed E-state index contributed by atoms with van der Waals surface area (Å²) in [6.07, 6.45) is 8.76. The number of benzene rings is 2. The van der Waals surface area contributed by atoms with Gasteiger partial charge in [-0.3, -0.25) is 0 Å². The summed E-state index contributed by atoms with van der Waals surface area (Å²) < 4.78 is 7.71. The van der Waals surface area contributed by atoms with E-state index in [2.05, 4.69) is 46.5 Å². The van der Waals surface area contributed by atoms with E-state index in [9.17, 15) is 9.90 Å². The van der Waals surface area contributed by atoms with Gasteiger partial charge in [0.25, 0.3) is 0 Å². The number of ether oxygens (including phenoxy) is 1. The third kappa shape index (κ3) is 3.33. The van der Waals surface area contributed by atoms with E-state index in [0.717, 1.165) is 30.5 Å². The van der Waals surface area contributed by atoms with Crippen molar-refractivity contribution < 1.29 is 14.6 Å². The van der Waals surface area contributed by atoms with Crippen LogP contribution in [-0.2, 0) is 10.3 Å². The zero-order valence-corrected chi connectivity index (χ0v) is 20.0. The monoisotopic (exact) mass is 480 g/mol. The lowest BCUT2D eigenvalue weighted by Crippen LogP contribution is -2.59. The molecule has 4 heterocycles. The highest BCUT2D eigenvalue weighted by molar-refractivity contribution is 5.79. The van der Waals surface area contributed by atoms with Gasteiger partial charge < -0.3 is 14.7 Å². The van der Waals surface area contributed by atoms with Crippen LogP contribution in [-0.4, -0.2) is 49.4 Å². The summed E-state index contributed by atoms with van der Waals surface area (Å²) in [7, 11) is 0. The normalized spacial score (nSPS) is 25.0. The Morgan fingerprint density at radius 2 is 1.67 bits per heavy atom. The van der Waals surface area contributed by atoms with Crippen LogP contribution in [0.15, 0.2) is 73.2 Å². The van der Waals surface area contributed by atoms with E-state index >= 15 is 0 Å². The second kappa shape index (κ2) is 8.17. The van der Waals surface area contributed by atoms with Gasteiger partial charge in [0.1, 0.15) is 6.61 Å². The molecule has 7 rings (SSSR count). The van der Waals surface area contributed by atoms with E-state index < -0.39 is 5.60 Å². The van der Waals surface area contributed by atoms with E-state index in [4.69, 9.17) is 4.74 Å². The van der Waals surface area contributed by atoms with Crippen molar-refractivity contribution in [1.82, 2.24) is 19.5 Å². The van der Waals surface area contributed by atoms with Crippen molar-refractivity contribution in [2.24, 2.45) is 0 Å². The minimum absolute atomic E-state index is 0.0368. The van der Waals surface area contributed by atoms with Crippen molar-refractivity contribution in [2.75, 3.05) is 6.61 Å². The van der Waals surface area contributed by atoms with Crippen molar-refractivity contribution >= 4 is 11.7 Å². The van der Waals surface area contributed by atoms with Crippen LogP contribution in [0.25, 0.3) is 16.8 Å². The first-order chi connectivity index (χ1) is 17.6. The molecule has 2 fully saturated rings. The van der Waals surface area contributed by atoms with E-state index in [-0.39, 0.29) is 24.1 Å². The van der Waals surface area contributed by atoms with Gasteiger partial charge >= 0.3 is 6.09 Å². The Morgan fingerprint density at radius 1 is 1.00 bits per heavy atom. The number of aliphatic hydroxyl groups is 1. The number of rotatable bonds is 3. The van der Waals surface area contributed by atoms with E-state index in [1.54, 1.807) is 16.9 Å². The fourth-order valence-electron chi connectivity index (χ4n) is 6.68. The summed E-state index contributed by atoms with van der Waals surface area (Å²) in [6.45, 7) is 0.312. The molecule has 0 spiro atoms. The second-order valence-corrected chi connectivity index (χ2v) is 10.4. The number of piperidine rings is 2. The lowest BCUT2D eigenvalue weighted by atomic mass is 9.73. The molecule has 2 aromatic heterocycles. The van der Waals surface area contributed by atoms with Gasteiger partial charge in [0.15, 0.2) is 5.65 Å². The van der Waals surface area contributed by atoms with Gasteiger partial charge in [-0.05, 0) is 41.5 Å². The van der Waals surface area contributed by atoms with Crippen LogP contribution < -0.4 is 0 Å². The molecule has 2 saturated heterocycles. The lowest BCUT2D eigenvalue weighted by molar-refractivity contribution is -0.0894. The Hall–Kier alpha value is -3.71. The maximum absolute atomic E-state index is 13.5. The average Bonchev–Trinajstić information content (AvgIpc) is 3.49. The van der Waals surface area contributed by atoms with E-state index in [1.165, 1.54) is 22.3 Å². The highest BCUT2D eigenvalue weighted by Gasteiger charge is 2.49. The van der Waals surface area contributed by atoms with Gasteiger partial charge in [0.05, 0.1) is 11.8 Å². The lowest BCUT2D eigenvalue weighted by Gasteiger charge is -2.51. The predicted octanol–water partition coefficient (Wildman–Crippen LogP) is 4.88. The molecule has 3 aliphatic rings. The molecule has 1 amide bonds. The van der Waals surface area contributed by atoms with Crippen LogP contribution in [0.1, 0.15) is 54.7 Å². The molecule has 0 saturated carbocycles. The molecule has 182 valence electrons. The third-order valence-electron chi connectivity index (χ3n) is 8.34. The number of fused-ring (bicyclic) bond motifs is 6. The second-order valence-electron chi connectivity index (χ2n) is 10.4. The zero-order chi connectivity index (χ0) is 24.3. The Bertz CT molecular complexity index is 1400. The minimum Gasteiger partial charge on any atom is -0.448 e. The van der Waals surface area contributed by atoms with E-state index in [0.29, 0.717) is 19.4 Å². The van der Waals surface area contributed by atoms with Crippen molar-refractivity contribution in [3.8, 4) is 11.1 Å². The van der Waals surface area contributed by atoms with Crippen LogP contribution >= 0.6 is 0 Å². The number of hydrogen-bond donors (Lipinski definition) is 1. The largest absolute Gasteiger partial charge is 0.448 e. The molecule has 2 atom stereocenters. The number of carbonyl (C=O) groups excluding carboxylic acids is 1. The quantitative estimate of drug-likeness (QED) is 0.452. The maximum Gasteiger partial charge on any atom is 0.410 e. The molecule has 1 N–H and O–H groups in total. The number of aromatic nitrogens is 3. The minimum atomic E-state index is -1.04. The molecular formula is C29H28N4O3. The maximum atomic E-state index is 13.5. The molecule has 7 nitrogen and oxygen atoms in total. The van der Waals surface area contributed by atoms with Crippen LogP contribution in [0.5, 0.6) is 0 Å². The van der Waals surface area contributed by atoms with Gasteiger partial charge in [-0.2, -0.15) is 5.10 Å². The molecule has 1 aliphatic carbocycles. The molecular weight excluding hydrogens is 452 g/mol. The molecule has 2 aliphatic heterocycles. The van der Waals surface area contributed by atoms with Crippen LogP contribution in [0.4, 0.5) is 4.79 Å². The number of nitrogens with zero attached hydrogens (tertiary/aromatic N) is 4. The molecule has 2 aromatic carbocycles. The van der Waals surface area contributed by atoms with Gasteiger partial charge in [0, 0.05) is 54.9 Å². The van der Waals surface area contributed by atoms with Gasteiger partial charge in [-0.1, -0.05) is 48.5 Å². The smallest absolute Gasteiger partial charge is 0.410 e. The van der Waals surface area contributed by atoms with E-state index in [1.807, 2.05) is 29.3 Å². The highest BCUT2D eigenvalue weighted by atomic mass is 16.6. The highest BCUT2D eigenvalue weighted by Crippen LogP contribution is 2.46.